The zero-order valence-corrected chi connectivity index (χ0v) is 11.3. The molecule has 0 amide bonds. The van der Waals surface area contributed by atoms with Crippen molar-refractivity contribution in [1.82, 2.24) is 9.97 Å². The predicted octanol–water partition coefficient (Wildman–Crippen LogP) is 2.96. The van der Waals surface area contributed by atoms with Gasteiger partial charge >= 0.3 is 12.0 Å². The smallest absolute Gasteiger partial charge is 0.337 e. The summed E-state index contributed by atoms with van der Waals surface area (Å²) >= 11 is 3.17. The highest BCUT2D eigenvalue weighted by molar-refractivity contribution is 9.10. The fourth-order valence-electron chi connectivity index (χ4n) is 1.28. The molecule has 98 valence electrons. The Kier molecular flexibility index (Phi) is 4.06. The highest BCUT2D eigenvalue weighted by atomic mass is 79.9. The Labute approximate surface area is 116 Å². The van der Waals surface area contributed by atoms with Crippen molar-refractivity contribution < 1.29 is 18.7 Å². The summed E-state index contributed by atoms with van der Waals surface area (Å²) in [5.41, 5.74) is 0.101. The van der Waals surface area contributed by atoms with Crippen molar-refractivity contribution in [2.45, 2.75) is 0 Å². The lowest BCUT2D eigenvalue weighted by atomic mass is 10.2. The average Bonchev–Trinajstić information content (AvgIpc) is 2.42. The van der Waals surface area contributed by atoms with Gasteiger partial charge in [-0.05, 0) is 34.1 Å². The maximum atomic E-state index is 13.7. The van der Waals surface area contributed by atoms with E-state index in [-0.39, 0.29) is 17.3 Å². The number of halogens is 2. The van der Waals surface area contributed by atoms with Crippen LogP contribution in [0.15, 0.2) is 35.1 Å². The van der Waals surface area contributed by atoms with Crippen LogP contribution in [-0.4, -0.2) is 23.0 Å². The Morgan fingerprint density at radius 2 is 2.00 bits per heavy atom. The first-order chi connectivity index (χ1) is 9.10. The average molecular weight is 327 g/mol. The third-order valence-corrected chi connectivity index (χ3v) is 2.56. The maximum Gasteiger partial charge on any atom is 0.337 e. The van der Waals surface area contributed by atoms with E-state index in [0.29, 0.717) is 4.47 Å². The number of carbonyl (C=O) groups is 1. The molecule has 2 rings (SSSR count). The van der Waals surface area contributed by atoms with Crippen LogP contribution in [0.3, 0.4) is 0 Å². The molecule has 1 aromatic heterocycles. The van der Waals surface area contributed by atoms with Crippen molar-refractivity contribution in [2.24, 2.45) is 0 Å². The first kappa shape index (κ1) is 13.4. The standard InChI is InChI=1S/C12H8BrFN2O3/c1-18-11(17)7-2-3-10(9(14)4-7)19-12-15-5-8(13)6-16-12/h2-6H,1H3. The molecule has 0 unspecified atom stereocenters. The molecule has 19 heavy (non-hydrogen) atoms. The molecular formula is C12H8BrFN2O3. The Balaban J connectivity index is 2.22. The van der Waals surface area contributed by atoms with Gasteiger partial charge in [-0.2, -0.15) is 0 Å². The number of benzene rings is 1. The van der Waals surface area contributed by atoms with Gasteiger partial charge in [-0.25, -0.2) is 19.2 Å². The Bertz CT molecular complexity index is 604. The third-order valence-electron chi connectivity index (χ3n) is 2.15. The zero-order valence-electron chi connectivity index (χ0n) is 9.76. The second-order valence-corrected chi connectivity index (χ2v) is 4.34. The number of rotatable bonds is 3. The molecule has 0 aliphatic heterocycles. The van der Waals surface area contributed by atoms with Gasteiger partial charge in [0.15, 0.2) is 11.6 Å². The van der Waals surface area contributed by atoms with Gasteiger partial charge in [0.25, 0.3) is 0 Å². The summed E-state index contributed by atoms with van der Waals surface area (Å²) in [7, 11) is 1.22. The highest BCUT2D eigenvalue weighted by Crippen LogP contribution is 2.23. The molecule has 7 heteroatoms. The van der Waals surface area contributed by atoms with E-state index < -0.39 is 11.8 Å². The molecule has 0 fully saturated rings. The van der Waals surface area contributed by atoms with Crippen LogP contribution >= 0.6 is 15.9 Å². The minimum Gasteiger partial charge on any atom is -0.465 e. The summed E-state index contributed by atoms with van der Waals surface area (Å²) in [6.07, 6.45) is 2.95. The molecule has 1 heterocycles. The number of ether oxygens (including phenoxy) is 2. The number of hydrogen-bond acceptors (Lipinski definition) is 5. The molecule has 2 aromatic rings. The summed E-state index contributed by atoms with van der Waals surface area (Å²) in [5.74, 6) is -1.39. The lowest BCUT2D eigenvalue weighted by molar-refractivity contribution is 0.0600. The fourth-order valence-corrected chi connectivity index (χ4v) is 1.48. The number of methoxy groups -OCH3 is 1. The van der Waals surface area contributed by atoms with Crippen molar-refractivity contribution in [3.05, 3.63) is 46.4 Å². The summed E-state index contributed by atoms with van der Waals surface area (Å²) in [5, 5.41) is 0. The number of carbonyl (C=O) groups excluding carboxylic acids is 1. The van der Waals surface area contributed by atoms with Crippen molar-refractivity contribution >= 4 is 21.9 Å². The molecule has 0 atom stereocenters. The number of esters is 1. The molecule has 0 aliphatic rings. The maximum absolute atomic E-state index is 13.7. The zero-order chi connectivity index (χ0) is 13.8. The fraction of sp³-hybridized carbons (Fsp3) is 0.0833. The quantitative estimate of drug-likeness (QED) is 0.811. The van der Waals surface area contributed by atoms with Crippen LogP contribution in [-0.2, 0) is 4.74 Å². The molecule has 0 radical (unpaired) electrons. The third kappa shape index (κ3) is 3.25. The van der Waals surface area contributed by atoms with Crippen LogP contribution in [0.25, 0.3) is 0 Å². The molecule has 0 aliphatic carbocycles. The minimum absolute atomic E-state index is 0.00733. The molecule has 5 nitrogen and oxygen atoms in total. The van der Waals surface area contributed by atoms with Crippen LogP contribution in [0.1, 0.15) is 10.4 Å². The lowest BCUT2D eigenvalue weighted by Crippen LogP contribution is -2.02. The van der Waals surface area contributed by atoms with Crippen molar-refractivity contribution in [1.29, 1.82) is 0 Å². The van der Waals surface area contributed by atoms with Gasteiger partial charge in [-0.3, -0.25) is 0 Å². The normalized spacial score (nSPS) is 10.1. The van der Waals surface area contributed by atoms with Gasteiger partial charge in [-0.1, -0.05) is 0 Å². The van der Waals surface area contributed by atoms with Crippen LogP contribution in [0, 0.1) is 5.82 Å². The Hall–Kier alpha value is -2.02. The molecule has 0 saturated carbocycles. The van der Waals surface area contributed by atoms with Crippen LogP contribution in [0.4, 0.5) is 4.39 Å². The van der Waals surface area contributed by atoms with E-state index in [0.717, 1.165) is 6.07 Å². The predicted molar refractivity (Wildman–Crippen MR) is 67.5 cm³/mol. The van der Waals surface area contributed by atoms with Crippen LogP contribution in [0.2, 0.25) is 0 Å². The summed E-state index contributed by atoms with van der Waals surface area (Å²) < 4.78 is 24.0. The van der Waals surface area contributed by atoms with Crippen LogP contribution in [0.5, 0.6) is 11.8 Å². The molecule has 0 N–H and O–H groups in total. The van der Waals surface area contributed by atoms with Gasteiger partial charge in [0.05, 0.1) is 17.1 Å². The molecule has 0 saturated heterocycles. The minimum atomic E-state index is -0.700. The number of nitrogens with zero attached hydrogens (tertiary/aromatic N) is 2. The van der Waals surface area contributed by atoms with Crippen molar-refractivity contribution in [2.75, 3.05) is 7.11 Å². The molecule has 0 spiro atoms. The number of aromatic nitrogens is 2. The topological polar surface area (TPSA) is 61.3 Å². The van der Waals surface area contributed by atoms with E-state index in [4.69, 9.17) is 4.74 Å². The number of hydrogen-bond donors (Lipinski definition) is 0. The van der Waals surface area contributed by atoms with Gasteiger partial charge in [0, 0.05) is 12.4 Å². The summed E-state index contributed by atoms with van der Waals surface area (Å²) in [4.78, 5) is 18.9. The SMILES string of the molecule is COC(=O)c1ccc(Oc2ncc(Br)cn2)c(F)c1. The van der Waals surface area contributed by atoms with Gasteiger partial charge in [0.2, 0.25) is 0 Å². The second-order valence-electron chi connectivity index (χ2n) is 3.42. The first-order valence-electron chi connectivity index (χ1n) is 5.13. The van der Waals surface area contributed by atoms with E-state index >= 15 is 0 Å². The van der Waals surface area contributed by atoms with E-state index in [9.17, 15) is 9.18 Å². The van der Waals surface area contributed by atoms with E-state index in [1.165, 1.54) is 31.6 Å². The van der Waals surface area contributed by atoms with Gasteiger partial charge < -0.3 is 9.47 Å². The molecular weight excluding hydrogens is 319 g/mol. The molecule has 0 bridgehead atoms. The van der Waals surface area contributed by atoms with Gasteiger partial charge in [-0.15, -0.1) is 0 Å². The van der Waals surface area contributed by atoms with Crippen molar-refractivity contribution in [3.63, 3.8) is 0 Å². The largest absolute Gasteiger partial charge is 0.465 e. The Morgan fingerprint density at radius 1 is 1.32 bits per heavy atom. The van der Waals surface area contributed by atoms with Crippen molar-refractivity contribution in [3.8, 4) is 11.8 Å². The monoisotopic (exact) mass is 326 g/mol. The highest BCUT2D eigenvalue weighted by Gasteiger charge is 2.12. The van der Waals surface area contributed by atoms with Crippen LogP contribution < -0.4 is 4.74 Å². The summed E-state index contributed by atoms with van der Waals surface area (Å²) in [6, 6.07) is 3.74. The first-order valence-corrected chi connectivity index (χ1v) is 5.92. The second kappa shape index (κ2) is 5.75. The van der Waals surface area contributed by atoms with E-state index in [1.54, 1.807) is 0 Å². The van der Waals surface area contributed by atoms with E-state index in [1.807, 2.05) is 0 Å². The summed E-state index contributed by atoms with van der Waals surface area (Å²) in [6.45, 7) is 0. The van der Waals surface area contributed by atoms with E-state index in [2.05, 4.69) is 30.6 Å². The lowest BCUT2D eigenvalue weighted by Gasteiger charge is -2.06. The molecule has 1 aromatic carbocycles. The van der Waals surface area contributed by atoms with Gasteiger partial charge in [0.1, 0.15) is 0 Å². The Morgan fingerprint density at radius 3 is 2.58 bits per heavy atom.